The summed E-state index contributed by atoms with van der Waals surface area (Å²) in [6.07, 6.45) is 0.705. The topological polar surface area (TPSA) is 41.6 Å². The third-order valence-electron chi connectivity index (χ3n) is 6.52. The molecular formula is C25H27F3N2O2. The van der Waals surface area contributed by atoms with Gasteiger partial charge in [0.15, 0.2) is 0 Å². The van der Waals surface area contributed by atoms with E-state index in [1.54, 1.807) is 12.1 Å². The van der Waals surface area contributed by atoms with Gasteiger partial charge >= 0.3 is 0 Å². The van der Waals surface area contributed by atoms with Crippen LogP contribution < -0.4 is 10.1 Å². The van der Waals surface area contributed by atoms with Gasteiger partial charge in [0.05, 0.1) is 12.5 Å². The summed E-state index contributed by atoms with van der Waals surface area (Å²) < 4.78 is 46.4. The monoisotopic (exact) mass is 444 g/mol. The summed E-state index contributed by atoms with van der Waals surface area (Å²) >= 11 is 0. The zero-order valence-electron chi connectivity index (χ0n) is 17.8. The summed E-state index contributed by atoms with van der Waals surface area (Å²) in [6.45, 7) is 2.02. The van der Waals surface area contributed by atoms with Crippen LogP contribution in [-0.2, 0) is 24.4 Å². The Morgan fingerprint density at radius 2 is 1.84 bits per heavy atom. The van der Waals surface area contributed by atoms with E-state index in [4.69, 9.17) is 4.74 Å². The highest BCUT2D eigenvalue weighted by molar-refractivity contribution is 5.80. The van der Waals surface area contributed by atoms with E-state index in [0.29, 0.717) is 30.9 Å². The van der Waals surface area contributed by atoms with Gasteiger partial charge < -0.3 is 10.1 Å². The lowest BCUT2D eigenvalue weighted by molar-refractivity contribution is -0.122. The summed E-state index contributed by atoms with van der Waals surface area (Å²) in [7, 11) is 0. The van der Waals surface area contributed by atoms with Crippen molar-refractivity contribution < 1.29 is 22.7 Å². The number of benzene rings is 2. The fourth-order valence-corrected chi connectivity index (χ4v) is 4.20. The molecule has 0 radical (unpaired) electrons. The molecule has 2 fully saturated rings. The summed E-state index contributed by atoms with van der Waals surface area (Å²) in [4.78, 5) is 13.8. The largest absolute Gasteiger partial charge is 0.493 e. The second-order valence-corrected chi connectivity index (χ2v) is 9.28. The number of ether oxygens (including phenoxy) is 1. The van der Waals surface area contributed by atoms with E-state index in [9.17, 15) is 18.0 Å². The molecule has 2 aromatic carbocycles. The number of rotatable bonds is 8. The van der Waals surface area contributed by atoms with Crippen molar-refractivity contribution in [2.75, 3.05) is 13.2 Å². The van der Waals surface area contributed by atoms with Gasteiger partial charge in [0.2, 0.25) is 5.91 Å². The van der Waals surface area contributed by atoms with E-state index < -0.39 is 18.0 Å². The van der Waals surface area contributed by atoms with Crippen LogP contribution in [-0.4, -0.2) is 29.9 Å². The van der Waals surface area contributed by atoms with Crippen molar-refractivity contribution in [3.8, 4) is 5.75 Å². The van der Waals surface area contributed by atoms with Gasteiger partial charge in [0, 0.05) is 38.5 Å². The number of carbonyl (C=O) groups excluding carboxylic acids is 1. The number of halogens is 3. The molecule has 1 aliphatic heterocycles. The molecule has 7 heteroatoms. The lowest BCUT2D eigenvalue weighted by atomic mass is 9.97. The number of hydrogen-bond acceptors (Lipinski definition) is 3. The number of nitrogens with one attached hydrogen (secondary N) is 1. The summed E-state index contributed by atoms with van der Waals surface area (Å²) in [5.41, 5.74) is 3.62. The van der Waals surface area contributed by atoms with Gasteiger partial charge in [0.1, 0.15) is 11.9 Å². The summed E-state index contributed by atoms with van der Waals surface area (Å²) in [6, 6.07) is 13.3. The Morgan fingerprint density at radius 3 is 2.53 bits per heavy atom. The zero-order chi connectivity index (χ0) is 22.3. The van der Waals surface area contributed by atoms with E-state index in [1.165, 1.54) is 0 Å². The van der Waals surface area contributed by atoms with Crippen LogP contribution in [0.2, 0.25) is 0 Å². The Labute approximate surface area is 185 Å². The van der Waals surface area contributed by atoms with Crippen LogP contribution in [0.4, 0.5) is 13.2 Å². The van der Waals surface area contributed by atoms with Gasteiger partial charge in [-0.25, -0.2) is 13.2 Å². The number of alkyl halides is 3. The molecule has 2 aromatic rings. The Morgan fingerprint density at radius 1 is 1.12 bits per heavy atom. The van der Waals surface area contributed by atoms with Gasteiger partial charge in [-0.1, -0.05) is 30.3 Å². The van der Waals surface area contributed by atoms with Crippen molar-refractivity contribution in [1.82, 2.24) is 10.2 Å². The highest BCUT2D eigenvalue weighted by Gasteiger charge is 2.57. The number of amides is 1. The smallest absolute Gasteiger partial charge is 0.255 e. The Kier molecular flexibility index (Phi) is 5.61. The lowest BCUT2D eigenvalue weighted by Gasteiger charge is -2.31. The fraction of sp³-hybridized carbons (Fsp3) is 0.480. The van der Waals surface area contributed by atoms with Gasteiger partial charge in [-0.3, -0.25) is 9.69 Å². The van der Waals surface area contributed by atoms with Crippen LogP contribution in [0.5, 0.6) is 5.75 Å². The second kappa shape index (κ2) is 8.43. The molecule has 0 saturated heterocycles. The average molecular weight is 444 g/mol. The van der Waals surface area contributed by atoms with Crippen LogP contribution in [0.3, 0.4) is 0 Å². The Hall–Kier alpha value is -2.54. The van der Waals surface area contributed by atoms with E-state index in [2.05, 4.69) is 10.2 Å². The second-order valence-electron chi connectivity index (χ2n) is 9.28. The Bertz CT molecular complexity index is 991. The molecule has 3 aliphatic rings. The molecule has 5 rings (SSSR count). The first-order valence-electron chi connectivity index (χ1n) is 11.2. The number of fused-ring (bicyclic) bond motifs is 1. The van der Waals surface area contributed by atoms with E-state index >= 15 is 0 Å². The third kappa shape index (κ3) is 4.93. The van der Waals surface area contributed by atoms with Crippen molar-refractivity contribution in [2.45, 2.75) is 51.0 Å². The lowest BCUT2D eigenvalue weighted by Crippen LogP contribution is -2.31. The predicted molar refractivity (Wildman–Crippen MR) is 114 cm³/mol. The molecule has 0 spiro atoms. The van der Waals surface area contributed by atoms with Gasteiger partial charge in [-0.05, 0) is 47.2 Å². The Balaban J connectivity index is 1.15. The molecule has 2 saturated carbocycles. The quantitative estimate of drug-likeness (QED) is 0.638. The molecular weight excluding hydrogens is 417 g/mol. The van der Waals surface area contributed by atoms with Gasteiger partial charge in [0.25, 0.3) is 5.92 Å². The minimum atomic E-state index is -2.61. The van der Waals surface area contributed by atoms with Crippen LogP contribution >= 0.6 is 0 Å². The molecule has 2 aliphatic carbocycles. The van der Waals surface area contributed by atoms with E-state index in [1.807, 2.05) is 30.3 Å². The van der Waals surface area contributed by atoms with Crippen LogP contribution in [0.25, 0.3) is 0 Å². The predicted octanol–water partition coefficient (Wildman–Crippen LogP) is 4.77. The maximum atomic E-state index is 14.9. The van der Waals surface area contributed by atoms with Gasteiger partial charge in [-0.2, -0.15) is 0 Å². The molecule has 0 bridgehead atoms. The highest BCUT2D eigenvalue weighted by atomic mass is 19.3. The van der Waals surface area contributed by atoms with Gasteiger partial charge in [-0.15, -0.1) is 0 Å². The summed E-state index contributed by atoms with van der Waals surface area (Å²) in [5, 5.41) is 2.96. The average Bonchev–Trinajstić information content (AvgIpc) is 3.69. The van der Waals surface area contributed by atoms with Crippen molar-refractivity contribution >= 4 is 5.91 Å². The number of carbonyl (C=O) groups is 1. The van der Waals surface area contributed by atoms with Crippen molar-refractivity contribution in [3.63, 3.8) is 0 Å². The maximum absolute atomic E-state index is 14.9. The SMILES string of the molecule is O=C(NCc1ccc(CN2Cc3ccc(OCC4CC4(F)F)cc3C(F)C2)cc1)C1CC1. The summed E-state index contributed by atoms with van der Waals surface area (Å²) in [5.74, 6) is -2.55. The first-order chi connectivity index (χ1) is 15.4. The molecule has 1 heterocycles. The van der Waals surface area contributed by atoms with Crippen molar-refractivity contribution in [3.05, 3.63) is 64.7 Å². The highest BCUT2D eigenvalue weighted by Crippen LogP contribution is 2.48. The molecule has 0 aromatic heterocycles. The minimum absolute atomic E-state index is 0.0326. The molecule has 32 heavy (non-hydrogen) atoms. The van der Waals surface area contributed by atoms with E-state index in [-0.39, 0.29) is 31.4 Å². The molecule has 1 N–H and O–H groups in total. The third-order valence-corrected chi connectivity index (χ3v) is 6.52. The normalized spacial score (nSPS) is 24.0. The van der Waals surface area contributed by atoms with Crippen LogP contribution in [0.15, 0.2) is 42.5 Å². The van der Waals surface area contributed by atoms with Crippen molar-refractivity contribution in [1.29, 1.82) is 0 Å². The molecule has 170 valence electrons. The fourth-order valence-electron chi connectivity index (χ4n) is 4.20. The first-order valence-corrected chi connectivity index (χ1v) is 11.2. The van der Waals surface area contributed by atoms with Crippen LogP contribution in [0.1, 0.15) is 47.7 Å². The van der Waals surface area contributed by atoms with Crippen LogP contribution in [0, 0.1) is 11.8 Å². The standard InChI is InChI=1S/C25H27F3N2O2/c26-23-14-30(12-17-3-1-16(2-4-17)11-29-24(31)18-5-6-18)13-19-7-8-21(9-22(19)23)32-15-20-10-25(20,27)28/h1-4,7-9,18,20,23H,5-6,10-15H2,(H,29,31). The first kappa shape index (κ1) is 21.3. The molecule has 4 nitrogen and oxygen atoms in total. The number of nitrogens with zero attached hydrogens (tertiary/aromatic N) is 1. The van der Waals surface area contributed by atoms with E-state index in [0.717, 1.165) is 29.5 Å². The molecule has 1 amide bonds. The minimum Gasteiger partial charge on any atom is -0.493 e. The zero-order valence-corrected chi connectivity index (χ0v) is 17.8. The van der Waals surface area contributed by atoms with Crippen molar-refractivity contribution in [2.24, 2.45) is 11.8 Å². The maximum Gasteiger partial charge on any atom is 0.255 e. The molecule has 2 unspecified atom stereocenters. The molecule has 2 atom stereocenters. The number of hydrogen-bond donors (Lipinski definition) is 1.